The molecule has 0 saturated heterocycles. The molecule has 2 rings (SSSR count). The van der Waals surface area contributed by atoms with Crippen LogP contribution in [-0.2, 0) is 0 Å². The van der Waals surface area contributed by atoms with Gasteiger partial charge < -0.3 is 5.73 Å². The van der Waals surface area contributed by atoms with Gasteiger partial charge in [-0.15, -0.1) is 0 Å². The Balaban J connectivity index is 2.43. The quantitative estimate of drug-likeness (QED) is 0.835. The van der Waals surface area contributed by atoms with Gasteiger partial charge in [-0.05, 0) is 18.6 Å². The Morgan fingerprint density at radius 2 is 1.67 bits per heavy atom. The standard InChI is InChI=1S/C12H10F3N3/c1-6-4-17-12(18-5-6)11(16)7-2-3-8(13)10(15)9(7)14/h2-5,11H,16H2,1H3. The number of aryl methyl sites for hydroxylation is 1. The normalized spacial score (nSPS) is 12.5. The predicted molar refractivity (Wildman–Crippen MR) is 59.1 cm³/mol. The van der Waals surface area contributed by atoms with Gasteiger partial charge >= 0.3 is 0 Å². The van der Waals surface area contributed by atoms with Gasteiger partial charge in [0.2, 0.25) is 0 Å². The number of halogens is 3. The highest BCUT2D eigenvalue weighted by atomic mass is 19.2. The zero-order chi connectivity index (χ0) is 13.3. The van der Waals surface area contributed by atoms with Crippen molar-refractivity contribution >= 4 is 0 Å². The molecule has 1 atom stereocenters. The molecule has 0 aliphatic carbocycles. The van der Waals surface area contributed by atoms with Crippen LogP contribution in [0.5, 0.6) is 0 Å². The maximum atomic E-state index is 13.5. The fourth-order valence-electron chi connectivity index (χ4n) is 1.48. The Hall–Kier alpha value is -1.95. The second-order valence-corrected chi connectivity index (χ2v) is 3.86. The molecule has 0 saturated carbocycles. The number of rotatable bonds is 2. The van der Waals surface area contributed by atoms with Crippen molar-refractivity contribution in [3.8, 4) is 0 Å². The molecule has 6 heteroatoms. The third-order valence-electron chi connectivity index (χ3n) is 2.48. The molecule has 0 radical (unpaired) electrons. The van der Waals surface area contributed by atoms with Gasteiger partial charge in [0.1, 0.15) is 5.82 Å². The zero-order valence-electron chi connectivity index (χ0n) is 9.49. The second-order valence-electron chi connectivity index (χ2n) is 3.86. The van der Waals surface area contributed by atoms with Crippen molar-refractivity contribution in [3.63, 3.8) is 0 Å². The van der Waals surface area contributed by atoms with Gasteiger partial charge in [0.25, 0.3) is 0 Å². The summed E-state index contributed by atoms with van der Waals surface area (Å²) in [6.45, 7) is 1.79. The van der Waals surface area contributed by atoms with E-state index in [1.165, 1.54) is 12.4 Å². The first-order chi connectivity index (χ1) is 8.50. The molecule has 0 amide bonds. The number of hydrogen-bond acceptors (Lipinski definition) is 3. The Bertz CT molecular complexity index is 570. The zero-order valence-corrected chi connectivity index (χ0v) is 9.49. The lowest BCUT2D eigenvalue weighted by atomic mass is 10.1. The van der Waals surface area contributed by atoms with E-state index in [0.29, 0.717) is 0 Å². The van der Waals surface area contributed by atoms with Crippen LogP contribution in [0.25, 0.3) is 0 Å². The molecule has 3 nitrogen and oxygen atoms in total. The summed E-state index contributed by atoms with van der Waals surface area (Å²) >= 11 is 0. The Morgan fingerprint density at radius 1 is 1.06 bits per heavy atom. The molecule has 1 heterocycles. The second kappa shape index (κ2) is 4.73. The maximum Gasteiger partial charge on any atom is 0.194 e. The third-order valence-corrected chi connectivity index (χ3v) is 2.48. The molecule has 1 aromatic heterocycles. The summed E-state index contributed by atoms with van der Waals surface area (Å²) in [6, 6.07) is 0.865. The van der Waals surface area contributed by atoms with Crippen molar-refractivity contribution in [2.24, 2.45) is 5.73 Å². The average Bonchev–Trinajstić information content (AvgIpc) is 2.36. The van der Waals surface area contributed by atoms with E-state index in [1.807, 2.05) is 0 Å². The van der Waals surface area contributed by atoms with Gasteiger partial charge in [-0.3, -0.25) is 0 Å². The minimum Gasteiger partial charge on any atom is -0.318 e. The number of nitrogens with zero attached hydrogens (tertiary/aromatic N) is 2. The third kappa shape index (κ3) is 2.19. The molecule has 2 aromatic rings. The fourth-order valence-corrected chi connectivity index (χ4v) is 1.48. The fraction of sp³-hybridized carbons (Fsp3) is 0.167. The van der Waals surface area contributed by atoms with Crippen molar-refractivity contribution in [1.29, 1.82) is 0 Å². The average molecular weight is 253 g/mol. The molecular formula is C12H10F3N3. The van der Waals surface area contributed by atoms with Crippen LogP contribution >= 0.6 is 0 Å². The van der Waals surface area contributed by atoms with Crippen molar-refractivity contribution in [1.82, 2.24) is 9.97 Å². The first-order valence-electron chi connectivity index (χ1n) is 5.18. The van der Waals surface area contributed by atoms with Crippen LogP contribution in [-0.4, -0.2) is 9.97 Å². The van der Waals surface area contributed by atoms with Crippen molar-refractivity contribution in [3.05, 3.63) is 58.9 Å². The van der Waals surface area contributed by atoms with Crippen molar-refractivity contribution in [2.45, 2.75) is 13.0 Å². The van der Waals surface area contributed by atoms with E-state index < -0.39 is 23.5 Å². The van der Waals surface area contributed by atoms with Gasteiger partial charge in [-0.25, -0.2) is 23.1 Å². The molecule has 2 N–H and O–H groups in total. The van der Waals surface area contributed by atoms with Crippen LogP contribution in [0.2, 0.25) is 0 Å². The van der Waals surface area contributed by atoms with Gasteiger partial charge in [0, 0.05) is 18.0 Å². The highest BCUT2D eigenvalue weighted by molar-refractivity contribution is 5.27. The highest BCUT2D eigenvalue weighted by Crippen LogP contribution is 2.22. The summed E-state index contributed by atoms with van der Waals surface area (Å²) in [5.41, 5.74) is 6.37. The van der Waals surface area contributed by atoms with Crippen LogP contribution in [0.4, 0.5) is 13.2 Å². The molecule has 0 aliphatic heterocycles. The summed E-state index contributed by atoms with van der Waals surface area (Å²) in [4.78, 5) is 7.86. The maximum absolute atomic E-state index is 13.5. The van der Waals surface area contributed by atoms with Crippen LogP contribution in [0.1, 0.15) is 23.0 Å². The molecule has 0 bridgehead atoms. The lowest BCUT2D eigenvalue weighted by molar-refractivity contribution is 0.437. The highest BCUT2D eigenvalue weighted by Gasteiger charge is 2.20. The SMILES string of the molecule is Cc1cnc(C(N)c2ccc(F)c(F)c2F)nc1. The molecule has 1 aromatic carbocycles. The summed E-state index contributed by atoms with van der Waals surface area (Å²) in [6.07, 6.45) is 3.03. The summed E-state index contributed by atoms with van der Waals surface area (Å²) < 4.78 is 39.4. The summed E-state index contributed by atoms with van der Waals surface area (Å²) in [7, 11) is 0. The van der Waals surface area contributed by atoms with Crippen LogP contribution in [0.15, 0.2) is 24.5 Å². The Labute approximate surface area is 101 Å². The van der Waals surface area contributed by atoms with Gasteiger partial charge in [-0.2, -0.15) is 0 Å². The van der Waals surface area contributed by atoms with E-state index in [9.17, 15) is 13.2 Å². The lowest BCUT2D eigenvalue weighted by Gasteiger charge is -2.12. The lowest BCUT2D eigenvalue weighted by Crippen LogP contribution is -2.17. The van der Waals surface area contributed by atoms with Crippen LogP contribution in [0, 0.1) is 24.4 Å². The van der Waals surface area contributed by atoms with Crippen molar-refractivity contribution < 1.29 is 13.2 Å². The van der Waals surface area contributed by atoms with E-state index in [0.717, 1.165) is 17.7 Å². The first kappa shape index (κ1) is 12.5. The smallest absolute Gasteiger partial charge is 0.194 e. The summed E-state index contributed by atoms with van der Waals surface area (Å²) in [5, 5.41) is 0. The molecule has 94 valence electrons. The largest absolute Gasteiger partial charge is 0.318 e. The Morgan fingerprint density at radius 3 is 2.28 bits per heavy atom. The number of aromatic nitrogens is 2. The minimum atomic E-state index is -1.55. The van der Waals surface area contributed by atoms with Crippen molar-refractivity contribution in [2.75, 3.05) is 0 Å². The monoisotopic (exact) mass is 253 g/mol. The van der Waals surface area contributed by atoms with Gasteiger partial charge in [0.15, 0.2) is 17.5 Å². The van der Waals surface area contributed by atoms with E-state index in [2.05, 4.69) is 9.97 Å². The summed E-state index contributed by atoms with van der Waals surface area (Å²) in [5.74, 6) is -3.97. The topological polar surface area (TPSA) is 51.8 Å². The van der Waals surface area contributed by atoms with E-state index >= 15 is 0 Å². The predicted octanol–water partition coefficient (Wildman–Crippen LogP) is 2.25. The number of benzene rings is 1. The Kier molecular flexibility index (Phi) is 3.29. The molecule has 18 heavy (non-hydrogen) atoms. The van der Waals surface area contributed by atoms with Gasteiger partial charge in [0.05, 0.1) is 6.04 Å². The molecular weight excluding hydrogens is 243 g/mol. The molecule has 0 fully saturated rings. The minimum absolute atomic E-state index is 0.144. The van der Waals surface area contributed by atoms with Crippen LogP contribution < -0.4 is 5.73 Å². The van der Waals surface area contributed by atoms with Gasteiger partial charge in [-0.1, -0.05) is 6.07 Å². The molecule has 1 unspecified atom stereocenters. The molecule has 0 aliphatic rings. The van der Waals surface area contributed by atoms with E-state index in [-0.39, 0.29) is 11.4 Å². The molecule has 0 spiro atoms. The number of nitrogens with two attached hydrogens (primary N) is 1. The van der Waals surface area contributed by atoms with E-state index in [4.69, 9.17) is 5.73 Å². The first-order valence-corrected chi connectivity index (χ1v) is 5.18. The van der Waals surface area contributed by atoms with Crippen LogP contribution in [0.3, 0.4) is 0 Å². The number of hydrogen-bond donors (Lipinski definition) is 1. The van der Waals surface area contributed by atoms with E-state index in [1.54, 1.807) is 6.92 Å².